The van der Waals surface area contributed by atoms with Crippen molar-refractivity contribution in [2.45, 2.75) is 90.4 Å². The predicted octanol–water partition coefficient (Wildman–Crippen LogP) is 6.27. The van der Waals surface area contributed by atoms with Crippen LogP contribution in [-0.4, -0.2) is 11.1 Å². The molecule has 0 aliphatic rings. The van der Waals surface area contributed by atoms with Crippen LogP contribution in [0.4, 0.5) is 0 Å². The average Bonchev–Trinajstić information content (AvgIpc) is 2.46. The first-order valence-electron chi connectivity index (χ1n) is 8.79. The zero-order valence-electron chi connectivity index (χ0n) is 13.9. The predicted molar refractivity (Wildman–Crippen MR) is 91.6 cm³/mol. The molecule has 2 heteroatoms. The van der Waals surface area contributed by atoms with Crippen molar-refractivity contribution in [2.75, 3.05) is 0 Å². The SMILES string of the molecule is CCCCC/C=C\CCCCCC/C=C\CCCC(=O)O. The summed E-state index contributed by atoms with van der Waals surface area (Å²) < 4.78 is 0. The van der Waals surface area contributed by atoms with Gasteiger partial charge in [-0.15, -0.1) is 0 Å². The molecule has 0 aliphatic heterocycles. The highest BCUT2D eigenvalue weighted by Gasteiger charge is 1.93. The smallest absolute Gasteiger partial charge is 0.303 e. The zero-order valence-corrected chi connectivity index (χ0v) is 13.9. The molecule has 0 saturated carbocycles. The van der Waals surface area contributed by atoms with Crippen molar-refractivity contribution in [1.29, 1.82) is 0 Å². The molecule has 0 heterocycles. The second kappa shape index (κ2) is 17.0. The third kappa shape index (κ3) is 18.9. The highest BCUT2D eigenvalue weighted by atomic mass is 16.4. The van der Waals surface area contributed by atoms with Gasteiger partial charge in [0.1, 0.15) is 0 Å². The van der Waals surface area contributed by atoms with Gasteiger partial charge in [0.15, 0.2) is 0 Å². The molecule has 0 rings (SSSR count). The maximum absolute atomic E-state index is 10.3. The summed E-state index contributed by atoms with van der Waals surface area (Å²) >= 11 is 0. The summed E-state index contributed by atoms with van der Waals surface area (Å²) in [5.41, 5.74) is 0. The van der Waals surface area contributed by atoms with Gasteiger partial charge in [-0.05, 0) is 51.4 Å². The van der Waals surface area contributed by atoms with E-state index in [1.165, 1.54) is 57.8 Å². The molecule has 21 heavy (non-hydrogen) atoms. The van der Waals surface area contributed by atoms with Gasteiger partial charge in [-0.25, -0.2) is 0 Å². The molecule has 0 bridgehead atoms. The van der Waals surface area contributed by atoms with E-state index in [0.717, 1.165) is 19.3 Å². The van der Waals surface area contributed by atoms with Gasteiger partial charge in [0, 0.05) is 6.42 Å². The lowest BCUT2D eigenvalue weighted by atomic mass is 10.1. The highest BCUT2D eigenvalue weighted by Crippen LogP contribution is 2.08. The quantitative estimate of drug-likeness (QED) is 0.285. The van der Waals surface area contributed by atoms with Crippen molar-refractivity contribution < 1.29 is 9.90 Å². The Kier molecular flexibility index (Phi) is 16.2. The lowest BCUT2D eigenvalue weighted by Gasteiger charge is -1.97. The minimum atomic E-state index is -0.692. The lowest BCUT2D eigenvalue weighted by Crippen LogP contribution is -1.92. The topological polar surface area (TPSA) is 37.3 Å². The van der Waals surface area contributed by atoms with Crippen LogP contribution in [-0.2, 0) is 4.79 Å². The van der Waals surface area contributed by atoms with Crippen molar-refractivity contribution in [3.63, 3.8) is 0 Å². The summed E-state index contributed by atoms with van der Waals surface area (Å²) in [4.78, 5) is 10.3. The van der Waals surface area contributed by atoms with Crippen LogP contribution in [0.25, 0.3) is 0 Å². The van der Waals surface area contributed by atoms with Crippen LogP contribution >= 0.6 is 0 Å². The summed E-state index contributed by atoms with van der Waals surface area (Å²) in [5, 5.41) is 8.50. The van der Waals surface area contributed by atoms with Gasteiger partial charge in [-0.3, -0.25) is 4.79 Å². The van der Waals surface area contributed by atoms with Crippen LogP contribution in [0, 0.1) is 0 Å². The third-order valence-electron chi connectivity index (χ3n) is 3.56. The van der Waals surface area contributed by atoms with E-state index in [2.05, 4.69) is 31.2 Å². The Labute approximate surface area is 131 Å². The van der Waals surface area contributed by atoms with E-state index in [9.17, 15) is 4.79 Å². The monoisotopic (exact) mass is 294 g/mol. The molecule has 0 radical (unpaired) electrons. The molecular formula is C19H34O2. The molecular weight excluding hydrogens is 260 g/mol. The molecule has 0 aromatic carbocycles. The summed E-state index contributed by atoms with van der Waals surface area (Å²) in [6.07, 6.45) is 23.8. The van der Waals surface area contributed by atoms with Gasteiger partial charge >= 0.3 is 5.97 Å². The highest BCUT2D eigenvalue weighted by molar-refractivity contribution is 5.66. The largest absolute Gasteiger partial charge is 0.481 e. The van der Waals surface area contributed by atoms with E-state index >= 15 is 0 Å². The lowest BCUT2D eigenvalue weighted by molar-refractivity contribution is -0.137. The number of carbonyl (C=O) groups is 1. The fourth-order valence-electron chi connectivity index (χ4n) is 2.23. The minimum Gasteiger partial charge on any atom is -0.481 e. The Morgan fingerprint density at radius 1 is 0.714 bits per heavy atom. The second-order valence-corrected chi connectivity index (χ2v) is 5.72. The number of rotatable bonds is 15. The molecule has 0 atom stereocenters. The summed E-state index contributed by atoms with van der Waals surface area (Å²) in [6.45, 7) is 2.25. The molecule has 0 aromatic rings. The number of allylic oxidation sites excluding steroid dienone is 4. The Bertz CT molecular complexity index is 279. The molecule has 0 saturated heterocycles. The van der Waals surface area contributed by atoms with E-state index in [0.29, 0.717) is 0 Å². The first-order valence-corrected chi connectivity index (χ1v) is 8.79. The molecule has 0 spiro atoms. The van der Waals surface area contributed by atoms with Crippen LogP contribution in [0.15, 0.2) is 24.3 Å². The zero-order chi connectivity index (χ0) is 15.6. The molecule has 122 valence electrons. The van der Waals surface area contributed by atoms with Crippen LogP contribution in [0.3, 0.4) is 0 Å². The molecule has 0 aromatic heterocycles. The Balaban J connectivity index is 3.14. The van der Waals surface area contributed by atoms with Crippen molar-refractivity contribution >= 4 is 5.97 Å². The third-order valence-corrected chi connectivity index (χ3v) is 3.56. The van der Waals surface area contributed by atoms with Gasteiger partial charge in [-0.2, -0.15) is 0 Å². The maximum Gasteiger partial charge on any atom is 0.303 e. The number of aliphatic carboxylic acids is 1. The minimum absolute atomic E-state index is 0.288. The van der Waals surface area contributed by atoms with Crippen LogP contribution < -0.4 is 0 Å². The maximum atomic E-state index is 10.3. The number of hydrogen-bond donors (Lipinski definition) is 1. The summed E-state index contributed by atoms with van der Waals surface area (Å²) in [7, 11) is 0. The van der Waals surface area contributed by atoms with Gasteiger partial charge in [0.05, 0.1) is 0 Å². The Hall–Kier alpha value is -1.05. The molecule has 0 unspecified atom stereocenters. The van der Waals surface area contributed by atoms with Gasteiger partial charge in [0.25, 0.3) is 0 Å². The van der Waals surface area contributed by atoms with E-state index in [1.807, 2.05) is 0 Å². The first-order chi connectivity index (χ1) is 10.3. The molecule has 0 aliphatic carbocycles. The molecule has 1 N–H and O–H groups in total. The van der Waals surface area contributed by atoms with Gasteiger partial charge in [-0.1, -0.05) is 56.9 Å². The van der Waals surface area contributed by atoms with Crippen molar-refractivity contribution in [3.8, 4) is 0 Å². The fourth-order valence-corrected chi connectivity index (χ4v) is 2.23. The number of unbranched alkanes of at least 4 members (excludes halogenated alkanes) is 9. The van der Waals surface area contributed by atoms with Crippen molar-refractivity contribution in [2.24, 2.45) is 0 Å². The Morgan fingerprint density at radius 2 is 1.14 bits per heavy atom. The van der Waals surface area contributed by atoms with Crippen LogP contribution in [0.1, 0.15) is 90.4 Å². The van der Waals surface area contributed by atoms with Gasteiger partial charge in [0.2, 0.25) is 0 Å². The van der Waals surface area contributed by atoms with E-state index in [-0.39, 0.29) is 6.42 Å². The van der Waals surface area contributed by atoms with E-state index in [1.54, 1.807) is 0 Å². The standard InChI is InChI=1S/C19H34O2/c1-2-3-4-5-6-7-8-9-10-11-12-13-14-15-16-17-18-19(20)21/h6-7,14-15H,2-5,8-13,16-18H2,1H3,(H,20,21)/b7-6-,15-14-. The van der Waals surface area contributed by atoms with Crippen LogP contribution in [0.2, 0.25) is 0 Å². The number of hydrogen-bond acceptors (Lipinski definition) is 1. The number of carboxylic acid groups (broad SMARTS) is 1. The van der Waals surface area contributed by atoms with Gasteiger partial charge < -0.3 is 5.11 Å². The molecule has 0 fully saturated rings. The first kappa shape index (κ1) is 19.9. The van der Waals surface area contributed by atoms with E-state index < -0.39 is 5.97 Å². The molecule has 2 nitrogen and oxygen atoms in total. The second-order valence-electron chi connectivity index (χ2n) is 5.72. The normalized spacial score (nSPS) is 11.7. The van der Waals surface area contributed by atoms with Crippen molar-refractivity contribution in [3.05, 3.63) is 24.3 Å². The summed E-state index contributed by atoms with van der Waals surface area (Å²) in [5.74, 6) is -0.692. The van der Waals surface area contributed by atoms with Crippen LogP contribution in [0.5, 0.6) is 0 Å². The molecule has 0 amide bonds. The average molecular weight is 294 g/mol. The summed E-state index contributed by atoms with van der Waals surface area (Å²) in [6, 6.07) is 0. The Morgan fingerprint density at radius 3 is 1.57 bits per heavy atom. The van der Waals surface area contributed by atoms with Crippen molar-refractivity contribution in [1.82, 2.24) is 0 Å². The van der Waals surface area contributed by atoms with E-state index in [4.69, 9.17) is 5.11 Å². The number of carboxylic acids is 1. The fraction of sp³-hybridized carbons (Fsp3) is 0.737.